The third-order valence-electron chi connectivity index (χ3n) is 3.52. The van der Waals surface area contributed by atoms with Gasteiger partial charge in [-0.2, -0.15) is 0 Å². The molecule has 0 spiro atoms. The maximum atomic E-state index is 12.2. The predicted octanol–water partition coefficient (Wildman–Crippen LogP) is 3.64. The number of rotatable bonds is 6. The molecule has 0 bridgehead atoms. The smallest absolute Gasteiger partial charge is 0.243 e. The molecule has 0 aliphatic rings. The Morgan fingerprint density at radius 2 is 1.76 bits per heavy atom. The number of nitrogens with zero attached hydrogens (tertiary/aromatic N) is 1. The lowest BCUT2D eigenvalue weighted by Gasteiger charge is -2.17. The average Bonchev–Trinajstić information content (AvgIpc) is 2.58. The van der Waals surface area contributed by atoms with Crippen molar-refractivity contribution in [2.45, 2.75) is 6.42 Å². The molecular weight excluding hydrogens is 363 g/mol. The average molecular weight is 381 g/mol. The molecule has 0 aliphatic carbocycles. The van der Waals surface area contributed by atoms with E-state index in [9.17, 15) is 9.59 Å². The maximum Gasteiger partial charge on any atom is 0.243 e. The van der Waals surface area contributed by atoms with Gasteiger partial charge in [0, 0.05) is 12.7 Å². The molecule has 0 atom stereocenters. The van der Waals surface area contributed by atoms with Crippen LogP contribution >= 0.6 is 23.2 Å². The van der Waals surface area contributed by atoms with Gasteiger partial charge in [0.05, 0.1) is 30.1 Å². The first-order valence-corrected chi connectivity index (χ1v) is 8.26. The van der Waals surface area contributed by atoms with Crippen LogP contribution in [0.1, 0.15) is 5.56 Å². The second-order valence-electron chi connectivity index (χ2n) is 5.45. The van der Waals surface area contributed by atoms with Gasteiger partial charge in [0.2, 0.25) is 11.8 Å². The monoisotopic (exact) mass is 380 g/mol. The van der Waals surface area contributed by atoms with Crippen molar-refractivity contribution in [3.05, 3.63) is 58.1 Å². The van der Waals surface area contributed by atoms with Crippen molar-refractivity contribution < 1.29 is 14.3 Å². The molecule has 25 heavy (non-hydrogen) atoms. The Kier molecular flexibility index (Phi) is 6.67. The molecule has 2 aromatic rings. The van der Waals surface area contributed by atoms with Gasteiger partial charge < -0.3 is 15.0 Å². The fraction of sp³-hybridized carbons (Fsp3) is 0.222. The first-order chi connectivity index (χ1) is 11.9. The number of halogens is 2. The second-order valence-corrected chi connectivity index (χ2v) is 6.27. The van der Waals surface area contributed by atoms with Crippen molar-refractivity contribution in [2.75, 3.05) is 26.0 Å². The summed E-state index contributed by atoms with van der Waals surface area (Å²) in [5, 5.41) is 3.56. The van der Waals surface area contributed by atoms with Gasteiger partial charge in [0.15, 0.2) is 0 Å². The van der Waals surface area contributed by atoms with E-state index >= 15 is 0 Å². The minimum Gasteiger partial charge on any atom is -0.497 e. The van der Waals surface area contributed by atoms with Crippen LogP contribution in [-0.4, -0.2) is 37.4 Å². The van der Waals surface area contributed by atoms with Crippen molar-refractivity contribution >= 4 is 40.7 Å². The third kappa shape index (κ3) is 5.66. The third-order valence-corrected chi connectivity index (χ3v) is 4.26. The van der Waals surface area contributed by atoms with Gasteiger partial charge in [-0.1, -0.05) is 29.3 Å². The van der Waals surface area contributed by atoms with Crippen molar-refractivity contribution in [3.8, 4) is 5.75 Å². The van der Waals surface area contributed by atoms with Crippen LogP contribution in [0.4, 0.5) is 5.69 Å². The number of likely N-dealkylation sites (N-methyl/N-ethyl adjacent to an activating group) is 1. The van der Waals surface area contributed by atoms with Crippen molar-refractivity contribution in [1.29, 1.82) is 0 Å². The highest BCUT2D eigenvalue weighted by Gasteiger charge is 2.14. The number of carbonyl (C=O) groups excluding carboxylic acids is 2. The minimum absolute atomic E-state index is 0.0494. The molecule has 0 heterocycles. The Morgan fingerprint density at radius 1 is 1.08 bits per heavy atom. The zero-order valence-electron chi connectivity index (χ0n) is 13.9. The zero-order valence-corrected chi connectivity index (χ0v) is 15.4. The first-order valence-electron chi connectivity index (χ1n) is 7.51. The van der Waals surface area contributed by atoms with Crippen LogP contribution in [-0.2, 0) is 16.0 Å². The molecule has 0 saturated heterocycles. The summed E-state index contributed by atoms with van der Waals surface area (Å²) >= 11 is 11.8. The Balaban J connectivity index is 1.88. The lowest BCUT2D eigenvalue weighted by atomic mass is 10.1. The molecule has 0 aromatic heterocycles. The molecule has 0 radical (unpaired) electrons. The van der Waals surface area contributed by atoms with Gasteiger partial charge in [-0.05, 0) is 42.0 Å². The summed E-state index contributed by atoms with van der Waals surface area (Å²) in [6.07, 6.45) is 0.142. The molecule has 0 fully saturated rings. The molecule has 5 nitrogen and oxygen atoms in total. The van der Waals surface area contributed by atoms with Gasteiger partial charge in [-0.15, -0.1) is 0 Å². The highest BCUT2D eigenvalue weighted by Crippen LogP contribution is 2.23. The molecule has 2 amide bonds. The molecule has 1 N–H and O–H groups in total. The lowest BCUT2D eigenvalue weighted by Crippen LogP contribution is -2.35. The van der Waals surface area contributed by atoms with E-state index in [0.29, 0.717) is 21.5 Å². The molecule has 2 rings (SSSR count). The number of benzene rings is 2. The number of amides is 2. The van der Waals surface area contributed by atoms with Gasteiger partial charge in [-0.25, -0.2) is 0 Å². The molecule has 7 heteroatoms. The molecule has 0 unspecified atom stereocenters. The Hall–Kier alpha value is -2.24. The predicted molar refractivity (Wildman–Crippen MR) is 99.4 cm³/mol. The first kappa shape index (κ1) is 19.1. The number of carbonyl (C=O) groups is 2. The van der Waals surface area contributed by atoms with E-state index in [1.165, 1.54) is 4.90 Å². The van der Waals surface area contributed by atoms with E-state index in [4.69, 9.17) is 27.9 Å². The van der Waals surface area contributed by atoms with E-state index in [-0.39, 0.29) is 24.8 Å². The van der Waals surface area contributed by atoms with Gasteiger partial charge in [0.25, 0.3) is 0 Å². The highest BCUT2D eigenvalue weighted by atomic mass is 35.5. The van der Waals surface area contributed by atoms with Gasteiger partial charge in [0.1, 0.15) is 5.75 Å². The second kappa shape index (κ2) is 8.74. The maximum absolute atomic E-state index is 12.2. The molecule has 0 aliphatic heterocycles. The summed E-state index contributed by atoms with van der Waals surface area (Å²) in [5.41, 5.74) is 1.37. The summed E-state index contributed by atoms with van der Waals surface area (Å²) in [6, 6.07) is 12.0. The minimum atomic E-state index is -0.282. The fourth-order valence-corrected chi connectivity index (χ4v) is 2.46. The van der Waals surface area contributed by atoms with Crippen LogP contribution < -0.4 is 10.1 Å². The summed E-state index contributed by atoms with van der Waals surface area (Å²) in [5.74, 6) is 0.227. The van der Waals surface area contributed by atoms with E-state index in [0.717, 1.165) is 5.56 Å². The quantitative estimate of drug-likeness (QED) is 0.831. The van der Waals surface area contributed by atoms with Crippen LogP contribution in [0.5, 0.6) is 5.75 Å². The Morgan fingerprint density at radius 3 is 2.36 bits per heavy atom. The fourth-order valence-electron chi connectivity index (χ4n) is 2.14. The number of nitrogens with one attached hydrogen (secondary N) is 1. The molecule has 0 saturated carbocycles. The van der Waals surface area contributed by atoms with Crippen molar-refractivity contribution in [2.24, 2.45) is 0 Å². The normalized spacial score (nSPS) is 10.2. The van der Waals surface area contributed by atoms with E-state index < -0.39 is 0 Å². The number of ether oxygens (including phenoxy) is 1. The Bertz CT molecular complexity index is 763. The zero-order chi connectivity index (χ0) is 18.4. The van der Waals surface area contributed by atoms with Crippen LogP contribution in [0.25, 0.3) is 0 Å². The number of methoxy groups -OCH3 is 1. The number of hydrogen-bond acceptors (Lipinski definition) is 3. The summed E-state index contributed by atoms with van der Waals surface area (Å²) in [4.78, 5) is 25.7. The highest BCUT2D eigenvalue weighted by molar-refractivity contribution is 6.42. The van der Waals surface area contributed by atoms with Crippen LogP contribution in [0.2, 0.25) is 10.0 Å². The summed E-state index contributed by atoms with van der Waals surface area (Å²) in [6.45, 7) is -0.0494. The number of hydrogen-bond donors (Lipinski definition) is 1. The topological polar surface area (TPSA) is 58.6 Å². The summed E-state index contributed by atoms with van der Waals surface area (Å²) in [7, 11) is 3.15. The molecular formula is C18H18Cl2N2O3. The molecule has 132 valence electrons. The van der Waals surface area contributed by atoms with Crippen LogP contribution in [0.3, 0.4) is 0 Å². The van der Waals surface area contributed by atoms with Crippen LogP contribution in [0, 0.1) is 0 Å². The van der Waals surface area contributed by atoms with E-state index in [2.05, 4.69) is 5.32 Å². The Labute approximate surface area is 156 Å². The van der Waals surface area contributed by atoms with Crippen LogP contribution in [0.15, 0.2) is 42.5 Å². The largest absolute Gasteiger partial charge is 0.497 e. The van der Waals surface area contributed by atoms with Gasteiger partial charge >= 0.3 is 0 Å². The lowest BCUT2D eigenvalue weighted by molar-refractivity contribution is -0.132. The van der Waals surface area contributed by atoms with Gasteiger partial charge in [-0.3, -0.25) is 9.59 Å². The van der Waals surface area contributed by atoms with Crippen molar-refractivity contribution in [1.82, 2.24) is 4.90 Å². The molecule has 2 aromatic carbocycles. The van der Waals surface area contributed by atoms with Crippen molar-refractivity contribution in [3.63, 3.8) is 0 Å². The summed E-state index contributed by atoms with van der Waals surface area (Å²) < 4.78 is 5.06. The number of anilines is 1. The van der Waals surface area contributed by atoms with E-state index in [1.54, 1.807) is 56.6 Å². The SMILES string of the molecule is COc1ccc(NC(=O)CN(C)C(=O)Cc2ccc(Cl)c(Cl)c2)cc1. The standard InChI is InChI=1S/C18H18Cl2N2O3/c1-22(18(24)10-12-3-8-15(19)16(20)9-12)11-17(23)21-13-4-6-14(25-2)7-5-13/h3-9H,10-11H2,1-2H3,(H,21,23). The van der Waals surface area contributed by atoms with E-state index in [1.807, 2.05) is 0 Å².